The van der Waals surface area contributed by atoms with Crippen LogP contribution in [-0.2, 0) is 16.1 Å². The number of ether oxygens (including phenoxy) is 1. The van der Waals surface area contributed by atoms with Crippen molar-refractivity contribution in [1.82, 2.24) is 14.8 Å². The standard InChI is InChI=1S/C23H25N3O4S/c27-20(28)15-30-14-17-10-8-16(9-11-17)13-26-23(29)24-22(19-7-4-12-31-19)21(25-26)18-5-2-1-3-6-18/h1-7,12,16-17H,8-11,13-15H2,(H,27,28). The number of rotatable bonds is 8. The van der Waals surface area contributed by atoms with Gasteiger partial charge in [0.2, 0.25) is 0 Å². The molecule has 1 aliphatic carbocycles. The van der Waals surface area contributed by atoms with Crippen LogP contribution in [0.3, 0.4) is 0 Å². The van der Waals surface area contributed by atoms with Gasteiger partial charge in [-0.2, -0.15) is 10.1 Å². The summed E-state index contributed by atoms with van der Waals surface area (Å²) >= 11 is 1.54. The number of carbonyl (C=O) groups is 1. The van der Waals surface area contributed by atoms with Gasteiger partial charge >= 0.3 is 11.7 Å². The molecule has 0 radical (unpaired) electrons. The van der Waals surface area contributed by atoms with Gasteiger partial charge in [-0.3, -0.25) is 0 Å². The lowest BCUT2D eigenvalue weighted by molar-refractivity contribution is -0.142. The van der Waals surface area contributed by atoms with Gasteiger partial charge in [-0.1, -0.05) is 36.4 Å². The zero-order valence-electron chi connectivity index (χ0n) is 17.1. The Morgan fingerprint density at radius 1 is 1.06 bits per heavy atom. The van der Waals surface area contributed by atoms with Crippen molar-refractivity contribution in [3.05, 3.63) is 58.3 Å². The molecule has 0 atom stereocenters. The quantitative estimate of drug-likeness (QED) is 0.571. The van der Waals surface area contributed by atoms with Crippen molar-refractivity contribution in [3.63, 3.8) is 0 Å². The largest absolute Gasteiger partial charge is 0.480 e. The minimum absolute atomic E-state index is 0.246. The summed E-state index contributed by atoms with van der Waals surface area (Å²) in [6.45, 7) is 0.773. The highest BCUT2D eigenvalue weighted by Gasteiger charge is 2.24. The topological polar surface area (TPSA) is 94.3 Å². The number of aromatic nitrogens is 3. The highest BCUT2D eigenvalue weighted by atomic mass is 32.1. The monoisotopic (exact) mass is 439 g/mol. The maximum atomic E-state index is 12.8. The fourth-order valence-electron chi connectivity index (χ4n) is 4.05. The van der Waals surface area contributed by atoms with E-state index in [0.29, 0.717) is 30.7 Å². The van der Waals surface area contributed by atoms with Gasteiger partial charge in [0.1, 0.15) is 18.0 Å². The third kappa shape index (κ3) is 5.45. The first-order chi connectivity index (χ1) is 15.1. The number of carboxylic acids is 1. The van der Waals surface area contributed by atoms with E-state index in [9.17, 15) is 9.59 Å². The molecule has 0 amide bonds. The highest BCUT2D eigenvalue weighted by molar-refractivity contribution is 7.13. The SMILES string of the molecule is O=C(O)COCC1CCC(Cn2nc(-c3ccccc3)c(-c3cccs3)nc2=O)CC1. The molecule has 1 saturated carbocycles. The van der Waals surface area contributed by atoms with Crippen LogP contribution < -0.4 is 5.69 Å². The summed E-state index contributed by atoms with van der Waals surface area (Å²) in [5.74, 6) is -0.217. The van der Waals surface area contributed by atoms with Gasteiger partial charge in [0.25, 0.3) is 0 Å². The van der Waals surface area contributed by atoms with Crippen molar-refractivity contribution in [2.45, 2.75) is 32.2 Å². The molecule has 2 heterocycles. The average Bonchev–Trinajstić information content (AvgIpc) is 3.31. The first-order valence-corrected chi connectivity index (χ1v) is 11.4. The van der Waals surface area contributed by atoms with Crippen molar-refractivity contribution in [1.29, 1.82) is 0 Å². The summed E-state index contributed by atoms with van der Waals surface area (Å²) in [4.78, 5) is 28.7. The van der Waals surface area contributed by atoms with Crippen molar-refractivity contribution in [2.24, 2.45) is 11.8 Å². The maximum absolute atomic E-state index is 12.8. The van der Waals surface area contributed by atoms with E-state index < -0.39 is 5.97 Å². The van der Waals surface area contributed by atoms with Gasteiger partial charge in [0, 0.05) is 12.1 Å². The van der Waals surface area contributed by atoms with Crippen LogP contribution in [0.1, 0.15) is 25.7 Å². The van der Waals surface area contributed by atoms with E-state index in [1.54, 1.807) is 11.3 Å². The van der Waals surface area contributed by atoms with Crippen molar-refractivity contribution in [2.75, 3.05) is 13.2 Å². The summed E-state index contributed by atoms with van der Waals surface area (Å²) in [6.07, 6.45) is 3.85. The molecule has 1 fully saturated rings. The lowest BCUT2D eigenvalue weighted by Crippen LogP contribution is -2.31. The molecule has 4 rings (SSSR count). The Labute approximate surface area is 184 Å². The van der Waals surface area contributed by atoms with Crippen molar-refractivity contribution in [3.8, 4) is 21.8 Å². The molecule has 0 aliphatic heterocycles. The summed E-state index contributed by atoms with van der Waals surface area (Å²) < 4.78 is 6.75. The molecular weight excluding hydrogens is 414 g/mol. The van der Waals surface area contributed by atoms with E-state index in [-0.39, 0.29) is 12.3 Å². The number of hydrogen-bond donors (Lipinski definition) is 1. The molecule has 162 valence electrons. The van der Waals surface area contributed by atoms with E-state index in [0.717, 1.165) is 41.8 Å². The summed E-state index contributed by atoms with van der Waals surface area (Å²) in [7, 11) is 0. The van der Waals surface area contributed by atoms with Crippen molar-refractivity contribution >= 4 is 17.3 Å². The fraction of sp³-hybridized carbons (Fsp3) is 0.391. The van der Waals surface area contributed by atoms with Crippen LogP contribution in [0.2, 0.25) is 0 Å². The molecule has 1 aliphatic rings. The summed E-state index contributed by atoms with van der Waals surface area (Å²) in [5.41, 5.74) is 1.96. The Hall–Kier alpha value is -2.84. The second-order valence-corrected chi connectivity index (χ2v) is 8.86. The second kappa shape index (κ2) is 9.98. The summed E-state index contributed by atoms with van der Waals surface area (Å²) in [6, 6.07) is 13.7. The Morgan fingerprint density at radius 3 is 2.48 bits per heavy atom. The lowest BCUT2D eigenvalue weighted by Gasteiger charge is -2.28. The molecule has 8 heteroatoms. The van der Waals surface area contributed by atoms with Crippen LogP contribution in [0.25, 0.3) is 21.8 Å². The predicted octanol–water partition coefficient (Wildman–Crippen LogP) is 3.94. The molecule has 1 aromatic carbocycles. The molecule has 0 spiro atoms. The maximum Gasteiger partial charge on any atom is 0.364 e. The smallest absolute Gasteiger partial charge is 0.364 e. The number of carboxylic acid groups (broad SMARTS) is 1. The van der Waals surface area contributed by atoms with Gasteiger partial charge in [-0.05, 0) is 49.0 Å². The van der Waals surface area contributed by atoms with Crippen LogP contribution in [0, 0.1) is 11.8 Å². The minimum atomic E-state index is -0.938. The van der Waals surface area contributed by atoms with E-state index in [1.807, 2.05) is 47.8 Å². The molecule has 0 bridgehead atoms. The normalized spacial score (nSPS) is 18.7. The van der Waals surface area contributed by atoms with Crippen LogP contribution in [-0.4, -0.2) is 39.1 Å². The number of nitrogens with zero attached hydrogens (tertiary/aromatic N) is 3. The number of thiophene rings is 1. The summed E-state index contributed by atoms with van der Waals surface area (Å²) in [5, 5.41) is 15.4. The Morgan fingerprint density at radius 2 is 1.81 bits per heavy atom. The van der Waals surface area contributed by atoms with Gasteiger partial charge in [0.15, 0.2) is 0 Å². The van der Waals surface area contributed by atoms with Crippen LogP contribution in [0.4, 0.5) is 0 Å². The third-order valence-corrected chi connectivity index (χ3v) is 6.53. The molecular formula is C23H25N3O4S. The molecule has 0 unspecified atom stereocenters. The van der Waals surface area contributed by atoms with Crippen LogP contribution in [0.5, 0.6) is 0 Å². The van der Waals surface area contributed by atoms with Gasteiger partial charge in [-0.25, -0.2) is 14.3 Å². The Balaban J connectivity index is 1.50. The Kier molecular flexibility index (Phi) is 6.89. The highest BCUT2D eigenvalue weighted by Crippen LogP contribution is 2.32. The Bertz CT molecular complexity index is 1060. The van der Waals surface area contributed by atoms with E-state index in [4.69, 9.17) is 14.9 Å². The van der Waals surface area contributed by atoms with Crippen LogP contribution in [0.15, 0.2) is 52.6 Å². The van der Waals surface area contributed by atoms with Gasteiger partial charge in [-0.15, -0.1) is 11.3 Å². The first-order valence-electron chi connectivity index (χ1n) is 10.5. The number of aliphatic carboxylic acids is 1. The van der Waals surface area contributed by atoms with Gasteiger partial charge < -0.3 is 9.84 Å². The zero-order chi connectivity index (χ0) is 21.6. The average molecular weight is 440 g/mol. The molecule has 31 heavy (non-hydrogen) atoms. The molecule has 2 aromatic heterocycles. The zero-order valence-corrected chi connectivity index (χ0v) is 18.0. The number of hydrogen-bond acceptors (Lipinski definition) is 6. The predicted molar refractivity (Wildman–Crippen MR) is 119 cm³/mol. The molecule has 0 saturated heterocycles. The van der Waals surface area contributed by atoms with Crippen molar-refractivity contribution < 1.29 is 14.6 Å². The first kappa shape index (κ1) is 21.4. The molecule has 1 N–H and O–H groups in total. The van der Waals surface area contributed by atoms with E-state index >= 15 is 0 Å². The van der Waals surface area contributed by atoms with Crippen LogP contribution >= 0.6 is 11.3 Å². The number of benzene rings is 1. The third-order valence-electron chi connectivity index (χ3n) is 5.65. The second-order valence-electron chi connectivity index (χ2n) is 7.91. The molecule has 3 aromatic rings. The van der Waals surface area contributed by atoms with E-state index in [2.05, 4.69) is 4.98 Å². The molecule has 7 nitrogen and oxygen atoms in total. The van der Waals surface area contributed by atoms with Gasteiger partial charge in [0.05, 0.1) is 11.5 Å². The minimum Gasteiger partial charge on any atom is -0.480 e. The lowest BCUT2D eigenvalue weighted by atomic mass is 9.82. The fourth-order valence-corrected chi connectivity index (χ4v) is 4.76. The van der Waals surface area contributed by atoms with E-state index in [1.165, 1.54) is 4.68 Å².